The van der Waals surface area contributed by atoms with Crippen molar-refractivity contribution in [1.82, 2.24) is 9.78 Å². The maximum absolute atomic E-state index is 13.4. The first-order valence-corrected chi connectivity index (χ1v) is 11.6. The number of carbonyl (C=O) groups is 1. The molecule has 2 heterocycles. The number of rotatable bonds is 5. The Morgan fingerprint density at radius 2 is 1.62 bits per heavy atom. The second-order valence-corrected chi connectivity index (χ2v) is 10.9. The Balaban J connectivity index is 1.56. The summed E-state index contributed by atoms with van der Waals surface area (Å²) < 4.78 is 1.97. The molecule has 2 unspecified atom stereocenters. The van der Waals surface area contributed by atoms with E-state index in [1.54, 1.807) is 6.20 Å². The van der Waals surface area contributed by atoms with E-state index >= 15 is 0 Å². The third-order valence-electron chi connectivity index (χ3n) is 6.74. The Bertz CT molecular complexity index is 1090. The van der Waals surface area contributed by atoms with Gasteiger partial charge in [0.15, 0.2) is 5.78 Å². The van der Waals surface area contributed by atoms with Gasteiger partial charge in [-0.2, -0.15) is 5.10 Å². The van der Waals surface area contributed by atoms with Crippen LogP contribution >= 0.6 is 0 Å². The Morgan fingerprint density at radius 1 is 1.00 bits per heavy atom. The standard InChI is InChI=1S/C28H35N3O/c1-19-16-24(20-10-8-7-9-11-20)30-26-23(18-29-31(19)26)25(32)17-28(5,6)22-14-12-21(13-15-22)27(2,3)4/h7-15,18-19,24,30H,16-17H2,1-6H3. The number of nitrogens with one attached hydrogen (secondary N) is 1. The van der Waals surface area contributed by atoms with Crippen molar-refractivity contribution in [3.05, 3.63) is 83.0 Å². The number of ketones is 1. The van der Waals surface area contributed by atoms with Crippen LogP contribution in [0.15, 0.2) is 60.8 Å². The summed E-state index contributed by atoms with van der Waals surface area (Å²) in [7, 11) is 0. The highest BCUT2D eigenvalue weighted by Crippen LogP contribution is 2.38. The van der Waals surface area contributed by atoms with Gasteiger partial charge < -0.3 is 5.32 Å². The van der Waals surface area contributed by atoms with Crippen molar-refractivity contribution in [1.29, 1.82) is 0 Å². The molecule has 4 nitrogen and oxygen atoms in total. The van der Waals surface area contributed by atoms with Gasteiger partial charge in [-0.05, 0) is 40.9 Å². The number of benzene rings is 2. The van der Waals surface area contributed by atoms with Crippen LogP contribution in [0.4, 0.5) is 5.82 Å². The van der Waals surface area contributed by atoms with E-state index in [0.29, 0.717) is 12.0 Å². The van der Waals surface area contributed by atoms with Gasteiger partial charge in [-0.3, -0.25) is 4.79 Å². The lowest BCUT2D eigenvalue weighted by atomic mass is 9.77. The summed E-state index contributed by atoms with van der Waals surface area (Å²) in [4.78, 5) is 13.4. The number of anilines is 1. The van der Waals surface area contributed by atoms with E-state index in [2.05, 4.69) is 100 Å². The van der Waals surface area contributed by atoms with Crippen LogP contribution in [-0.4, -0.2) is 15.6 Å². The average Bonchev–Trinajstić information content (AvgIpc) is 3.18. The quantitative estimate of drug-likeness (QED) is 0.451. The van der Waals surface area contributed by atoms with E-state index in [4.69, 9.17) is 0 Å². The van der Waals surface area contributed by atoms with Gasteiger partial charge in [0.05, 0.1) is 23.8 Å². The maximum atomic E-state index is 13.4. The monoisotopic (exact) mass is 429 g/mol. The van der Waals surface area contributed by atoms with E-state index in [0.717, 1.165) is 12.2 Å². The third kappa shape index (κ3) is 4.36. The van der Waals surface area contributed by atoms with Crippen LogP contribution < -0.4 is 5.32 Å². The van der Waals surface area contributed by atoms with Crippen LogP contribution in [0.5, 0.6) is 0 Å². The molecule has 1 aliphatic heterocycles. The molecule has 0 saturated heterocycles. The fourth-order valence-electron chi connectivity index (χ4n) is 4.63. The van der Waals surface area contributed by atoms with E-state index in [1.807, 2.05) is 10.7 Å². The van der Waals surface area contributed by atoms with Crippen LogP contribution in [0.3, 0.4) is 0 Å². The molecule has 0 spiro atoms. The maximum Gasteiger partial charge on any atom is 0.169 e. The molecular weight excluding hydrogens is 394 g/mol. The minimum atomic E-state index is -0.262. The number of fused-ring (bicyclic) bond motifs is 1. The molecule has 0 fully saturated rings. The zero-order valence-electron chi connectivity index (χ0n) is 20.1. The first kappa shape index (κ1) is 22.3. The summed E-state index contributed by atoms with van der Waals surface area (Å²) in [6.45, 7) is 13.1. The highest BCUT2D eigenvalue weighted by molar-refractivity contribution is 6.01. The number of hydrogen-bond acceptors (Lipinski definition) is 3. The summed E-state index contributed by atoms with van der Waals surface area (Å²) >= 11 is 0. The largest absolute Gasteiger partial charge is 0.363 e. The minimum absolute atomic E-state index is 0.118. The van der Waals surface area contributed by atoms with Crippen LogP contribution in [0.25, 0.3) is 0 Å². The van der Waals surface area contributed by atoms with Crippen molar-refractivity contribution in [2.45, 2.75) is 77.3 Å². The van der Waals surface area contributed by atoms with Crippen molar-refractivity contribution in [2.24, 2.45) is 0 Å². The molecule has 2 atom stereocenters. The smallest absolute Gasteiger partial charge is 0.169 e. The molecule has 1 aliphatic rings. The lowest BCUT2D eigenvalue weighted by Crippen LogP contribution is -2.27. The summed E-state index contributed by atoms with van der Waals surface area (Å²) in [6, 6.07) is 19.6. The first-order chi connectivity index (χ1) is 15.1. The van der Waals surface area contributed by atoms with Crippen LogP contribution in [0.1, 0.15) is 93.5 Å². The zero-order chi connectivity index (χ0) is 23.1. The van der Waals surface area contributed by atoms with Gasteiger partial charge in [0, 0.05) is 6.42 Å². The summed E-state index contributed by atoms with van der Waals surface area (Å²) in [6.07, 6.45) is 3.12. The second kappa shape index (κ2) is 8.23. The van der Waals surface area contributed by atoms with Gasteiger partial charge in [0.1, 0.15) is 5.82 Å². The number of nitrogens with zero attached hydrogens (tertiary/aromatic N) is 2. The molecule has 4 heteroatoms. The number of carbonyl (C=O) groups excluding carboxylic acids is 1. The predicted molar refractivity (Wildman–Crippen MR) is 131 cm³/mol. The van der Waals surface area contributed by atoms with Gasteiger partial charge in [-0.25, -0.2) is 4.68 Å². The summed E-state index contributed by atoms with van der Waals surface area (Å²) in [5.41, 5.74) is 4.28. The SMILES string of the molecule is CC1CC(c2ccccc2)Nc2c(C(=O)CC(C)(C)c3ccc(C(C)(C)C)cc3)cnn21. The van der Waals surface area contributed by atoms with Crippen molar-refractivity contribution < 1.29 is 4.79 Å². The molecule has 3 aromatic rings. The second-order valence-electron chi connectivity index (χ2n) is 10.9. The topological polar surface area (TPSA) is 46.9 Å². The number of hydrogen-bond donors (Lipinski definition) is 1. The highest BCUT2D eigenvalue weighted by atomic mass is 16.1. The molecular formula is C28H35N3O. The summed E-state index contributed by atoms with van der Waals surface area (Å²) in [5, 5.41) is 8.16. The Kier molecular flexibility index (Phi) is 5.74. The van der Waals surface area contributed by atoms with E-state index in [-0.39, 0.29) is 28.7 Å². The Hall–Kier alpha value is -2.88. The highest BCUT2D eigenvalue weighted by Gasteiger charge is 2.32. The molecule has 168 valence electrons. The molecule has 0 aliphatic carbocycles. The van der Waals surface area contributed by atoms with Crippen LogP contribution in [0, 0.1) is 0 Å². The lowest BCUT2D eigenvalue weighted by Gasteiger charge is -2.31. The first-order valence-electron chi connectivity index (χ1n) is 11.6. The van der Waals surface area contributed by atoms with Crippen molar-refractivity contribution in [3.63, 3.8) is 0 Å². The van der Waals surface area contributed by atoms with Crippen LogP contribution in [-0.2, 0) is 10.8 Å². The van der Waals surface area contributed by atoms with Gasteiger partial charge >= 0.3 is 0 Å². The fraction of sp³-hybridized carbons (Fsp3) is 0.429. The van der Waals surface area contributed by atoms with Crippen molar-refractivity contribution in [2.75, 3.05) is 5.32 Å². The van der Waals surface area contributed by atoms with Gasteiger partial charge in [-0.1, -0.05) is 89.2 Å². The number of Topliss-reactive ketones (excluding diaryl/α,β-unsaturated/α-hetero) is 1. The fourth-order valence-corrected chi connectivity index (χ4v) is 4.63. The van der Waals surface area contributed by atoms with E-state index < -0.39 is 0 Å². The van der Waals surface area contributed by atoms with Gasteiger partial charge in [0.2, 0.25) is 0 Å². The minimum Gasteiger partial charge on any atom is -0.363 e. The van der Waals surface area contributed by atoms with Gasteiger partial charge in [-0.15, -0.1) is 0 Å². The molecule has 2 aromatic carbocycles. The van der Waals surface area contributed by atoms with Crippen molar-refractivity contribution >= 4 is 11.6 Å². The molecule has 4 rings (SSSR count). The summed E-state index contributed by atoms with van der Waals surface area (Å²) in [5.74, 6) is 0.978. The average molecular weight is 430 g/mol. The normalized spacial score (nSPS) is 18.7. The van der Waals surface area contributed by atoms with Crippen molar-refractivity contribution in [3.8, 4) is 0 Å². The molecule has 0 radical (unpaired) electrons. The molecule has 0 saturated carbocycles. The predicted octanol–water partition coefficient (Wildman–Crippen LogP) is 6.85. The Morgan fingerprint density at radius 3 is 2.25 bits per heavy atom. The molecule has 0 bridgehead atoms. The number of aromatic nitrogens is 2. The van der Waals surface area contributed by atoms with E-state index in [1.165, 1.54) is 16.7 Å². The molecule has 0 amide bonds. The zero-order valence-corrected chi connectivity index (χ0v) is 20.1. The Labute approximate surface area is 192 Å². The van der Waals surface area contributed by atoms with Crippen LogP contribution in [0.2, 0.25) is 0 Å². The lowest BCUT2D eigenvalue weighted by molar-refractivity contribution is 0.0958. The van der Waals surface area contributed by atoms with Gasteiger partial charge in [0.25, 0.3) is 0 Å². The third-order valence-corrected chi connectivity index (χ3v) is 6.74. The molecule has 1 N–H and O–H groups in total. The molecule has 32 heavy (non-hydrogen) atoms. The molecule has 1 aromatic heterocycles. The van der Waals surface area contributed by atoms with E-state index in [9.17, 15) is 4.79 Å².